The minimum absolute atomic E-state index is 0.164. The quantitative estimate of drug-likeness (QED) is 0.316. The number of esters is 1. The van der Waals surface area contributed by atoms with Crippen LogP contribution in [0, 0.1) is 3.57 Å². The molecule has 0 spiro atoms. The van der Waals surface area contributed by atoms with Gasteiger partial charge in [0.1, 0.15) is 11.8 Å². The first-order chi connectivity index (χ1) is 12.6. The summed E-state index contributed by atoms with van der Waals surface area (Å²) in [5.41, 5.74) is 0.602. The summed E-state index contributed by atoms with van der Waals surface area (Å²) < 4.78 is 10.9. The number of carboxylic acids is 1. The van der Waals surface area contributed by atoms with Crippen LogP contribution >= 0.6 is 50.3 Å². The van der Waals surface area contributed by atoms with Gasteiger partial charge < -0.3 is 14.6 Å². The summed E-state index contributed by atoms with van der Waals surface area (Å²) >= 11 is 6.01. The van der Waals surface area contributed by atoms with E-state index in [-0.39, 0.29) is 4.91 Å². The van der Waals surface area contributed by atoms with Gasteiger partial charge in [-0.25, -0.2) is 9.59 Å². The van der Waals surface area contributed by atoms with E-state index in [1.807, 2.05) is 22.6 Å². The zero-order chi connectivity index (χ0) is 20.3. The molecule has 2 amide bonds. The maximum Gasteiger partial charge on any atom is 0.341 e. The van der Waals surface area contributed by atoms with Crippen LogP contribution in [0.5, 0.6) is 5.75 Å². The number of halogens is 2. The van der Waals surface area contributed by atoms with Crippen molar-refractivity contribution < 1.29 is 33.8 Å². The molecule has 1 saturated heterocycles. The van der Waals surface area contributed by atoms with Crippen molar-refractivity contribution in [2.24, 2.45) is 0 Å². The molecule has 1 aromatic rings. The molecule has 2 rings (SSSR count). The van der Waals surface area contributed by atoms with Gasteiger partial charge in [0.2, 0.25) is 0 Å². The van der Waals surface area contributed by atoms with Crippen molar-refractivity contribution in [3.63, 3.8) is 0 Å². The van der Waals surface area contributed by atoms with E-state index in [1.165, 1.54) is 20.1 Å². The fraction of sp³-hybridized carbons (Fsp3) is 0.250. The number of benzene rings is 1. The third-order valence-corrected chi connectivity index (χ3v) is 5.69. The highest BCUT2D eigenvalue weighted by molar-refractivity contribution is 14.1. The molecule has 0 radical (unpaired) electrons. The second-order valence-corrected chi connectivity index (χ2v) is 8.26. The second kappa shape index (κ2) is 9.06. The van der Waals surface area contributed by atoms with Crippen LogP contribution in [-0.4, -0.2) is 52.8 Å². The van der Waals surface area contributed by atoms with Crippen molar-refractivity contribution in [3.8, 4) is 5.75 Å². The molecule has 1 atom stereocenters. The Hall–Kier alpha value is -1.60. The third kappa shape index (κ3) is 5.02. The molecule has 11 heteroatoms. The molecule has 8 nitrogen and oxygen atoms in total. The number of carbonyl (C=O) groups is 4. The molecule has 1 N–H and O–H groups in total. The molecule has 1 aliphatic rings. The van der Waals surface area contributed by atoms with Crippen LogP contribution in [0.4, 0.5) is 4.79 Å². The number of carbonyl (C=O) groups excluding carboxylic acids is 3. The van der Waals surface area contributed by atoms with E-state index in [4.69, 9.17) is 9.84 Å². The van der Waals surface area contributed by atoms with E-state index in [0.29, 0.717) is 19.4 Å². The summed E-state index contributed by atoms with van der Waals surface area (Å²) in [5, 5.41) is 8.16. The lowest BCUT2D eigenvalue weighted by molar-refractivity contribution is -0.148. The lowest BCUT2D eigenvalue weighted by Gasteiger charge is -2.18. The normalized spacial score (nSPS) is 16.6. The number of aliphatic carboxylic acids is 1. The van der Waals surface area contributed by atoms with E-state index in [9.17, 15) is 19.2 Å². The molecule has 0 saturated carbocycles. The molecular weight excluding hydrogens is 557 g/mol. The summed E-state index contributed by atoms with van der Waals surface area (Å²) in [6.45, 7) is 0.928. The van der Waals surface area contributed by atoms with E-state index >= 15 is 0 Å². The summed E-state index contributed by atoms with van der Waals surface area (Å²) in [7, 11) is 1.18. The van der Waals surface area contributed by atoms with Gasteiger partial charge in [0.05, 0.1) is 20.1 Å². The molecule has 1 aromatic carbocycles. The maximum absolute atomic E-state index is 12.5. The molecule has 0 aromatic heterocycles. The zero-order valence-corrected chi connectivity index (χ0v) is 18.6. The minimum Gasteiger partial charge on any atom is -0.480 e. The lowest BCUT2D eigenvalue weighted by Crippen LogP contribution is -2.42. The summed E-state index contributed by atoms with van der Waals surface area (Å²) in [6, 6.07) is 2.30. The van der Waals surface area contributed by atoms with Crippen molar-refractivity contribution in [1.82, 2.24) is 4.90 Å². The number of amides is 2. The van der Waals surface area contributed by atoms with Crippen LogP contribution in [-0.2, 0) is 19.1 Å². The Morgan fingerprint density at radius 3 is 2.63 bits per heavy atom. The lowest BCUT2D eigenvalue weighted by atomic mass is 10.2. The van der Waals surface area contributed by atoms with E-state index in [2.05, 4.69) is 20.7 Å². The topological polar surface area (TPSA) is 110 Å². The van der Waals surface area contributed by atoms with E-state index in [1.54, 1.807) is 12.1 Å². The van der Waals surface area contributed by atoms with Crippen LogP contribution in [0.15, 0.2) is 21.5 Å². The Balaban J connectivity index is 2.29. The molecular formula is C16H13BrINO7S. The standard InChI is InChI=1S/C16H13BrINO7S/c1-7(15(23)25-2)19-14(22)11(27-16(19)24)5-8-3-9(17)13(10(18)4-8)26-6-12(20)21/h3-5,7H,6H2,1-2H3,(H,20,21)/b11-5+/t7-/m0/s1. The number of hydrogen-bond donors (Lipinski definition) is 1. The van der Waals surface area contributed by atoms with Crippen molar-refractivity contribution in [1.29, 1.82) is 0 Å². The molecule has 1 fully saturated rings. The number of rotatable bonds is 6. The Bertz CT molecular complexity index is 834. The first kappa shape index (κ1) is 21.7. The van der Waals surface area contributed by atoms with Gasteiger partial charge in [-0.1, -0.05) is 0 Å². The highest BCUT2D eigenvalue weighted by atomic mass is 127. The van der Waals surface area contributed by atoms with Crippen LogP contribution in [0.2, 0.25) is 0 Å². The maximum atomic E-state index is 12.5. The Labute approximate surface area is 180 Å². The Morgan fingerprint density at radius 2 is 2.07 bits per heavy atom. The summed E-state index contributed by atoms with van der Waals surface area (Å²) in [5.74, 6) is -2.01. The number of imide groups is 1. The molecule has 1 heterocycles. The number of hydrogen-bond acceptors (Lipinski definition) is 7. The Kier molecular flexibility index (Phi) is 7.28. The SMILES string of the molecule is COC(=O)[C@H](C)N1C(=O)S/C(=C/c2cc(Br)c(OCC(=O)O)c(I)c2)C1=O. The molecule has 0 bridgehead atoms. The molecule has 0 aliphatic carbocycles. The second-order valence-electron chi connectivity index (χ2n) is 5.25. The van der Waals surface area contributed by atoms with Crippen LogP contribution < -0.4 is 4.74 Å². The summed E-state index contributed by atoms with van der Waals surface area (Å²) in [4.78, 5) is 47.9. The van der Waals surface area contributed by atoms with Crippen LogP contribution in [0.25, 0.3) is 6.08 Å². The van der Waals surface area contributed by atoms with E-state index in [0.717, 1.165) is 16.7 Å². The average molecular weight is 570 g/mol. The largest absolute Gasteiger partial charge is 0.480 e. The van der Waals surface area contributed by atoms with Crippen molar-refractivity contribution in [2.45, 2.75) is 13.0 Å². The minimum atomic E-state index is -1.10. The van der Waals surface area contributed by atoms with Gasteiger partial charge in [-0.15, -0.1) is 0 Å². The van der Waals surface area contributed by atoms with E-state index < -0.39 is 35.7 Å². The summed E-state index contributed by atoms with van der Waals surface area (Å²) in [6.07, 6.45) is 1.52. The van der Waals surface area contributed by atoms with Gasteiger partial charge in [-0.2, -0.15) is 0 Å². The molecule has 27 heavy (non-hydrogen) atoms. The monoisotopic (exact) mass is 569 g/mol. The number of methoxy groups -OCH3 is 1. The molecule has 144 valence electrons. The highest BCUT2D eigenvalue weighted by Gasteiger charge is 2.41. The average Bonchev–Trinajstić information content (AvgIpc) is 2.86. The molecule has 0 unspecified atom stereocenters. The van der Waals surface area contributed by atoms with Gasteiger partial charge in [0.25, 0.3) is 11.1 Å². The number of nitrogens with zero attached hydrogens (tertiary/aromatic N) is 1. The first-order valence-electron chi connectivity index (χ1n) is 7.34. The van der Waals surface area contributed by atoms with Gasteiger partial charge in [-0.3, -0.25) is 14.5 Å². The van der Waals surface area contributed by atoms with Crippen molar-refractivity contribution >= 4 is 79.4 Å². The Morgan fingerprint density at radius 1 is 1.41 bits per heavy atom. The first-order valence-corrected chi connectivity index (χ1v) is 10.0. The number of thioether (sulfide) groups is 1. The predicted octanol–water partition coefficient (Wildman–Crippen LogP) is 3.11. The fourth-order valence-corrected chi connectivity index (χ4v) is 4.85. The third-order valence-electron chi connectivity index (χ3n) is 3.41. The number of ether oxygens (including phenoxy) is 2. The smallest absolute Gasteiger partial charge is 0.341 e. The van der Waals surface area contributed by atoms with Gasteiger partial charge in [-0.05, 0) is 81.0 Å². The van der Waals surface area contributed by atoms with Gasteiger partial charge in [0.15, 0.2) is 6.61 Å². The fourth-order valence-electron chi connectivity index (χ4n) is 2.18. The highest BCUT2D eigenvalue weighted by Crippen LogP contribution is 2.36. The van der Waals surface area contributed by atoms with Crippen molar-refractivity contribution in [2.75, 3.05) is 13.7 Å². The van der Waals surface area contributed by atoms with Gasteiger partial charge >= 0.3 is 11.9 Å². The zero-order valence-electron chi connectivity index (χ0n) is 14.0. The predicted molar refractivity (Wildman–Crippen MR) is 109 cm³/mol. The van der Waals surface area contributed by atoms with Crippen LogP contribution in [0.1, 0.15) is 12.5 Å². The van der Waals surface area contributed by atoms with Crippen LogP contribution in [0.3, 0.4) is 0 Å². The number of carboxylic acid groups (broad SMARTS) is 1. The molecule has 1 aliphatic heterocycles. The van der Waals surface area contributed by atoms with Gasteiger partial charge in [0, 0.05) is 0 Å². The van der Waals surface area contributed by atoms with Crippen molar-refractivity contribution in [3.05, 3.63) is 30.6 Å².